The maximum Gasteiger partial charge on any atom is 0.112 e. The molecule has 1 N–H and O–H groups in total. The minimum absolute atomic E-state index is 0.0594. The summed E-state index contributed by atoms with van der Waals surface area (Å²) in [6.07, 6.45) is 5.09. The highest BCUT2D eigenvalue weighted by Crippen LogP contribution is 2.25. The van der Waals surface area contributed by atoms with E-state index in [-0.39, 0.29) is 5.54 Å². The molecule has 2 nitrogen and oxygen atoms in total. The Morgan fingerprint density at radius 1 is 1.64 bits per heavy atom. The number of hydrogen-bond donors (Lipinski definition) is 1. The third-order valence-electron chi connectivity index (χ3n) is 2.43. The Labute approximate surface area is 94.5 Å². The van der Waals surface area contributed by atoms with E-state index in [0.717, 1.165) is 18.7 Å². The molecule has 0 saturated carbocycles. The first-order valence-corrected chi connectivity index (χ1v) is 7.14. The van der Waals surface area contributed by atoms with Crippen LogP contribution in [0, 0.1) is 0 Å². The molecule has 1 aromatic heterocycles. The zero-order valence-electron chi connectivity index (χ0n) is 9.04. The Morgan fingerprint density at radius 2 is 2.43 bits per heavy atom. The van der Waals surface area contributed by atoms with Gasteiger partial charge in [0.1, 0.15) is 5.01 Å². The first-order chi connectivity index (χ1) is 6.73. The second kappa shape index (κ2) is 5.73. The van der Waals surface area contributed by atoms with Crippen LogP contribution in [0.1, 0.15) is 25.3 Å². The Kier molecular flexibility index (Phi) is 4.92. The fourth-order valence-corrected chi connectivity index (χ4v) is 2.43. The van der Waals surface area contributed by atoms with Gasteiger partial charge < -0.3 is 5.32 Å². The van der Waals surface area contributed by atoms with E-state index in [4.69, 9.17) is 0 Å². The van der Waals surface area contributed by atoms with Crippen LogP contribution < -0.4 is 5.32 Å². The lowest BCUT2D eigenvalue weighted by atomic mass is 10.0. The summed E-state index contributed by atoms with van der Waals surface area (Å²) >= 11 is 3.60. The highest BCUT2D eigenvalue weighted by molar-refractivity contribution is 7.98. The summed E-state index contributed by atoms with van der Waals surface area (Å²) in [7, 11) is 0. The van der Waals surface area contributed by atoms with Crippen molar-refractivity contribution < 1.29 is 0 Å². The predicted octanol–water partition coefficient (Wildman–Crippen LogP) is 2.72. The van der Waals surface area contributed by atoms with Crippen LogP contribution in [0.25, 0.3) is 0 Å². The second-order valence-corrected chi connectivity index (χ2v) is 5.32. The van der Waals surface area contributed by atoms with Crippen molar-refractivity contribution in [3.63, 3.8) is 0 Å². The van der Waals surface area contributed by atoms with E-state index in [2.05, 4.69) is 30.4 Å². The van der Waals surface area contributed by atoms with Gasteiger partial charge in [0, 0.05) is 23.9 Å². The molecular formula is C10H18N2S2. The molecule has 0 fully saturated rings. The third-order valence-corrected chi connectivity index (χ3v) is 4.08. The summed E-state index contributed by atoms with van der Waals surface area (Å²) < 4.78 is 0. The molecule has 0 unspecified atom stereocenters. The van der Waals surface area contributed by atoms with Crippen LogP contribution in [0.3, 0.4) is 0 Å². The van der Waals surface area contributed by atoms with Gasteiger partial charge in [-0.1, -0.05) is 6.92 Å². The molecule has 1 aromatic rings. The summed E-state index contributed by atoms with van der Waals surface area (Å²) in [5, 5.41) is 6.81. The Bertz CT molecular complexity index is 249. The van der Waals surface area contributed by atoms with Crippen molar-refractivity contribution in [2.75, 3.05) is 18.6 Å². The molecule has 1 rings (SSSR count). The van der Waals surface area contributed by atoms with Crippen molar-refractivity contribution in [3.8, 4) is 0 Å². The van der Waals surface area contributed by atoms with Crippen LogP contribution in [0.15, 0.2) is 11.6 Å². The standard InChI is InChI=1S/C10H18N2S2/c1-4-10(2,12-6-7-13-3)9-11-5-8-14-9/h5,8,12H,4,6-7H2,1-3H3/t10-/m1/s1. The molecule has 0 aliphatic carbocycles. The van der Waals surface area contributed by atoms with Gasteiger partial charge >= 0.3 is 0 Å². The minimum Gasteiger partial charge on any atom is -0.305 e. The topological polar surface area (TPSA) is 24.9 Å². The number of hydrogen-bond acceptors (Lipinski definition) is 4. The third kappa shape index (κ3) is 2.97. The van der Waals surface area contributed by atoms with Crippen molar-refractivity contribution in [3.05, 3.63) is 16.6 Å². The summed E-state index contributed by atoms with van der Waals surface area (Å²) in [6.45, 7) is 5.48. The molecular weight excluding hydrogens is 212 g/mol. The molecule has 0 aliphatic rings. The van der Waals surface area contributed by atoms with Gasteiger partial charge in [-0.05, 0) is 19.6 Å². The number of nitrogens with zero attached hydrogens (tertiary/aromatic N) is 1. The smallest absolute Gasteiger partial charge is 0.112 e. The lowest BCUT2D eigenvalue weighted by Crippen LogP contribution is -2.40. The highest BCUT2D eigenvalue weighted by atomic mass is 32.2. The van der Waals surface area contributed by atoms with E-state index in [1.54, 1.807) is 11.3 Å². The molecule has 0 saturated heterocycles. The molecule has 0 aromatic carbocycles. The van der Waals surface area contributed by atoms with E-state index in [9.17, 15) is 0 Å². The Morgan fingerprint density at radius 3 is 2.93 bits per heavy atom. The number of aromatic nitrogens is 1. The van der Waals surface area contributed by atoms with Gasteiger partial charge in [-0.25, -0.2) is 4.98 Å². The van der Waals surface area contributed by atoms with Crippen molar-refractivity contribution in [1.29, 1.82) is 0 Å². The molecule has 0 radical (unpaired) electrons. The van der Waals surface area contributed by atoms with E-state index in [1.165, 1.54) is 5.01 Å². The molecule has 0 bridgehead atoms. The fourth-order valence-electron chi connectivity index (χ4n) is 1.28. The first-order valence-electron chi connectivity index (χ1n) is 4.87. The molecule has 4 heteroatoms. The lowest BCUT2D eigenvalue weighted by molar-refractivity contribution is 0.363. The largest absolute Gasteiger partial charge is 0.305 e. The summed E-state index contributed by atoms with van der Waals surface area (Å²) in [5.74, 6) is 1.15. The van der Waals surface area contributed by atoms with Crippen LogP contribution in [0.5, 0.6) is 0 Å². The van der Waals surface area contributed by atoms with Gasteiger partial charge in [0.25, 0.3) is 0 Å². The average Bonchev–Trinajstić information content (AvgIpc) is 2.71. The van der Waals surface area contributed by atoms with E-state index < -0.39 is 0 Å². The predicted molar refractivity (Wildman–Crippen MR) is 66.1 cm³/mol. The van der Waals surface area contributed by atoms with Crippen LogP contribution >= 0.6 is 23.1 Å². The maximum absolute atomic E-state index is 4.39. The minimum atomic E-state index is 0.0594. The second-order valence-electron chi connectivity index (χ2n) is 3.44. The number of thioether (sulfide) groups is 1. The van der Waals surface area contributed by atoms with Gasteiger partial charge in [-0.3, -0.25) is 0 Å². The van der Waals surface area contributed by atoms with Crippen LogP contribution in [-0.2, 0) is 5.54 Å². The number of nitrogens with one attached hydrogen (secondary N) is 1. The lowest BCUT2D eigenvalue weighted by Gasteiger charge is -2.27. The van der Waals surface area contributed by atoms with Crippen molar-refractivity contribution in [1.82, 2.24) is 10.3 Å². The first kappa shape index (κ1) is 12.0. The zero-order chi connectivity index (χ0) is 10.4. The average molecular weight is 230 g/mol. The van der Waals surface area contributed by atoms with Gasteiger partial charge in [0.05, 0.1) is 5.54 Å². The van der Waals surface area contributed by atoms with Gasteiger partial charge in [0.15, 0.2) is 0 Å². The summed E-state index contributed by atoms with van der Waals surface area (Å²) in [4.78, 5) is 4.39. The van der Waals surface area contributed by atoms with E-state index >= 15 is 0 Å². The van der Waals surface area contributed by atoms with Gasteiger partial charge in [-0.15, -0.1) is 11.3 Å². The summed E-state index contributed by atoms with van der Waals surface area (Å²) in [6, 6.07) is 0. The summed E-state index contributed by atoms with van der Waals surface area (Å²) in [5.41, 5.74) is 0.0594. The highest BCUT2D eigenvalue weighted by Gasteiger charge is 2.25. The van der Waals surface area contributed by atoms with Gasteiger partial charge in [0.2, 0.25) is 0 Å². The van der Waals surface area contributed by atoms with Crippen molar-refractivity contribution in [2.24, 2.45) is 0 Å². The van der Waals surface area contributed by atoms with Crippen LogP contribution in [0.4, 0.5) is 0 Å². The molecule has 0 aliphatic heterocycles. The zero-order valence-corrected chi connectivity index (χ0v) is 10.7. The molecule has 0 spiro atoms. The van der Waals surface area contributed by atoms with Crippen LogP contribution in [0.2, 0.25) is 0 Å². The SMILES string of the molecule is CC[C@@](C)(NCCSC)c1nccs1. The number of rotatable bonds is 6. The van der Waals surface area contributed by atoms with Crippen molar-refractivity contribution in [2.45, 2.75) is 25.8 Å². The van der Waals surface area contributed by atoms with E-state index in [0.29, 0.717) is 0 Å². The monoisotopic (exact) mass is 230 g/mol. The maximum atomic E-state index is 4.39. The van der Waals surface area contributed by atoms with E-state index in [1.807, 2.05) is 23.3 Å². The normalized spacial score (nSPS) is 15.4. The molecule has 80 valence electrons. The van der Waals surface area contributed by atoms with Crippen LogP contribution in [-0.4, -0.2) is 23.5 Å². The molecule has 0 amide bonds. The molecule has 1 atom stereocenters. The fraction of sp³-hybridized carbons (Fsp3) is 0.700. The quantitative estimate of drug-likeness (QED) is 0.761. The Hall–Kier alpha value is -0.0600. The number of thiazole rings is 1. The van der Waals surface area contributed by atoms with Crippen molar-refractivity contribution >= 4 is 23.1 Å². The van der Waals surface area contributed by atoms with Gasteiger partial charge in [-0.2, -0.15) is 11.8 Å². The molecule has 1 heterocycles. The molecule has 14 heavy (non-hydrogen) atoms. The Balaban J connectivity index is 2.57.